The number of H-pyrrole nitrogens is 1. The number of phosphoric acid groups is 2. The predicted molar refractivity (Wildman–Crippen MR) is 111 cm³/mol. The first kappa shape index (κ1) is 29.2. The Labute approximate surface area is 200 Å². The number of aromatic nitrogens is 2. The predicted octanol–water partition coefficient (Wildman–Crippen LogP) is -4.83. The van der Waals surface area contributed by atoms with Gasteiger partial charge >= 0.3 is 21.3 Å². The number of nitrogens with one attached hydrogen (secondary N) is 1. The molecule has 10 N–H and O–H groups in total. The topological polar surface area (TPSA) is 303 Å². The van der Waals surface area contributed by atoms with Crippen LogP contribution in [0.4, 0.5) is 0 Å². The first-order chi connectivity index (χ1) is 16.7. The zero-order valence-corrected chi connectivity index (χ0v) is 19.8. The number of aliphatic hydroxyl groups excluding tert-OH is 5. The van der Waals surface area contributed by atoms with E-state index in [9.17, 15) is 48.9 Å². The first-order valence-corrected chi connectivity index (χ1v) is 13.1. The molecule has 3 rings (SSSR count). The molecule has 1 aromatic heterocycles. The minimum Gasteiger partial charge on any atom is -0.394 e. The molecular formula is C15H25N3O16P2. The van der Waals surface area contributed by atoms with Crippen LogP contribution in [0.3, 0.4) is 0 Å². The van der Waals surface area contributed by atoms with Gasteiger partial charge in [0.1, 0.15) is 36.6 Å². The Balaban J connectivity index is 1.61. The van der Waals surface area contributed by atoms with Crippen LogP contribution in [0.1, 0.15) is 6.23 Å². The van der Waals surface area contributed by atoms with E-state index in [-0.39, 0.29) is 0 Å². The first-order valence-electron chi connectivity index (χ1n) is 10.1. The average molecular weight is 565 g/mol. The molecule has 6 unspecified atom stereocenters. The molecule has 1 aromatic rings. The number of nitrogens with two attached hydrogens (primary N) is 1. The van der Waals surface area contributed by atoms with Gasteiger partial charge in [-0.2, -0.15) is 4.31 Å². The van der Waals surface area contributed by atoms with Crippen molar-refractivity contribution < 1.29 is 67.3 Å². The van der Waals surface area contributed by atoms with E-state index in [1.165, 1.54) is 0 Å². The van der Waals surface area contributed by atoms with Crippen molar-refractivity contribution in [3.63, 3.8) is 0 Å². The number of hydrogen-bond acceptors (Lipinski definition) is 15. The summed E-state index contributed by atoms with van der Waals surface area (Å²) in [6, 6.07) is -0.699. The van der Waals surface area contributed by atoms with Crippen molar-refractivity contribution in [3.8, 4) is 0 Å². The van der Waals surface area contributed by atoms with Crippen molar-refractivity contribution >= 4 is 15.6 Å². The summed E-state index contributed by atoms with van der Waals surface area (Å²) in [4.78, 5) is 44.6. The van der Waals surface area contributed by atoms with Crippen molar-refractivity contribution in [2.45, 2.75) is 55.2 Å². The molecule has 3 heterocycles. The quantitative estimate of drug-likeness (QED) is 0.127. The maximum Gasteiger partial charge on any atom is 0.483 e. The maximum absolute atomic E-state index is 12.2. The molecule has 0 spiro atoms. The molecule has 0 saturated carbocycles. The van der Waals surface area contributed by atoms with E-state index >= 15 is 0 Å². The molecule has 2 fully saturated rings. The Morgan fingerprint density at radius 3 is 2.25 bits per heavy atom. The van der Waals surface area contributed by atoms with E-state index in [1.807, 2.05) is 4.98 Å². The monoisotopic (exact) mass is 565 g/mol. The molecule has 0 aromatic carbocycles. The Morgan fingerprint density at radius 1 is 1.00 bits per heavy atom. The fourth-order valence-corrected chi connectivity index (χ4v) is 5.57. The lowest BCUT2D eigenvalue weighted by Crippen LogP contribution is -2.62. The maximum atomic E-state index is 12.2. The van der Waals surface area contributed by atoms with Gasteiger partial charge in [0, 0.05) is 12.3 Å². The summed E-state index contributed by atoms with van der Waals surface area (Å²) in [6.07, 6.45) is -12.5. The number of phosphoric ester groups is 2. The lowest BCUT2D eigenvalue weighted by Gasteiger charge is -2.40. The zero-order valence-electron chi connectivity index (χ0n) is 18.0. The van der Waals surface area contributed by atoms with Crippen LogP contribution >= 0.6 is 15.6 Å². The molecule has 19 nitrogen and oxygen atoms in total. The van der Waals surface area contributed by atoms with Crippen LogP contribution in [0.15, 0.2) is 21.9 Å². The van der Waals surface area contributed by atoms with Crippen LogP contribution in [-0.2, 0) is 32.0 Å². The Bertz CT molecular complexity index is 1130. The van der Waals surface area contributed by atoms with E-state index in [0.29, 0.717) is 0 Å². The molecule has 2 aliphatic heterocycles. The van der Waals surface area contributed by atoms with Crippen LogP contribution in [-0.4, -0.2) is 107 Å². The Morgan fingerprint density at radius 2 is 1.64 bits per heavy atom. The second kappa shape index (κ2) is 11.2. The molecule has 0 aliphatic carbocycles. The highest BCUT2D eigenvalue weighted by Crippen LogP contribution is 2.61. The minimum absolute atomic E-state index is 0.735. The van der Waals surface area contributed by atoms with E-state index < -0.39 is 95.3 Å². The average Bonchev–Trinajstić information content (AvgIpc) is 3.06. The summed E-state index contributed by atoms with van der Waals surface area (Å²) in [6.45, 7) is -1.84. The van der Waals surface area contributed by atoms with Crippen LogP contribution < -0.4 is 17.0 Å². The van der Waals surface area contributed by atoms with Crippen molar-refractivity contribution in [1.82, 2.24) is 9.55 Å². The smallest absolute Gasteiger partial charge is 0.394 e. The fraction of sp³-hybridized carbons (Fsp3) is 0.733. The normalized spacial score (nSPS) is 38.4. The molecule has 2 saturated heterocycles. The molecule has 21 heteroatoms. The number of nitrogens with zero attached hydrogens (tertiary/aromatic N) is 1. The number of hydrogen-bond donors (Lipinski definition) is 9. The largest absolute Gasteiger partial charge is 0.483 e. The summed E-state index contributed by atoms with van der Waals surface area (Å²) in [5.41, 5.74) is 3.82. The summed E-state index contributed by atoms with van der Waals surface area (Å²) in [7, 11) is -11.0. The van der Waals surface area contributed by atoms with E-state index in [2.05, 4.69) is 13.4 Å². The standard InChI is InChI=1S/C15H25N3O16P2/c16-8-11(23)9(21)5(3-19)32-14(8)33-36(28,29)34-35(26,27)30-4-6-10(22)12(24)13(31-6)18-2-1-7(20)17-15(18)25/h1-2,5-6,8-14,19,21-24H,3-4,16H2,(H,26,27)(H,28,29)(H,17,20,25)/t5?,6?,8-,9-,10+,11+,12+,13?,14?/m0/s1. The van der Waals surface area contributed by atoms with Crippen LogP contribution in [0.25, 0.3) is 0 Å². The highest BCUT2D eigenvalue weighted by molar-refractivity contribution is 7.61. The number of ether oxygens (including phenoxy) is 2. The van der Waals surface area contributed by atoms with E-state index in [1.54, 1.807) is 0 Å². The van der Waals surface area contributed by atoms with Crippen LogP contribution in [0.2, 0.25) is 0 Å². The van der Waals surface area contributed by atoms with E-state index in [4.69, 9.17) is 20.3 Å². The summed E-state index contributed by atoms with van der Waals surface area (Å²) in [5.74, 6) is 0. The van der Waals surface area contributed by atoms with Crippen molar-refractivity contribution in [2.24, 2.45) is 5.73 Å². The highest BCUT2D eigenvalue weighted by Gasteiger charge is 2.49. The van der Waals surface area contributed by atoms with Gasteiger partial charge < -0.3 is 50.5 Å². The van der Waals surface area contributed by atoms with Crippen LogP contribution in [0.5, 0.6) is 0 Å². The molecule has 0 radical (unpaired) electrons. The van der Waals surface area contributed by atoms with Crippen molar-refractivity contribution in [3.05, 3.63) is 33.1 Å². The Hall–Kier alpha value is -1.38. The third-order valence-corrected chi connectivity index (χ3v) is 7.84. The highest BCUT2D eigenvalue weighted by atomic mass is 31.3. The van der Waals surface area contributed by atoms with Gasteiger partial charge in [-0.15, -0.1) is 0 Å². The third kappa shape index (κ3) is 6.54. The molecule has 206 valence electrons. The second-order valence-electron chi connectivity index (χ2n) is 7.77. The number of rotatable bonds is 9. The van der Waals surface area contributed by atoms with Gasteiger partial charge in [-0.25, -0.2) is 13.9 Å². The minimum atomic E-state index is -5.51. The Kier molecular flexibility index (Phi) is 9.05. The van der Waals surface area contributed by atoms with Gasteiger partial charge in [0.2, 0.25) is 0 Å². The lowest BCUT2D eigenvalue weighted by atomic mass is 9.98. The molecule has 11 atom stereocenters. The summed E-state index contributed by atoms with van der Waals surface area (Å²) in [5, 5.41) is 49.0. The van der Waals surface area contributed by atoms with Crippen molar-refractivity contribution in [1.29, 1.82) is 0 Å². The second-order valence-corrected chi connectivity index (χ2v) is 10.8. The molecule has 0 amide bonds. The lowest BCUT2D eigenvalue weighted by molar-refractivity contribution is -0.242. The number of aromatic amines is 1. The SMILES string of the molecule is N[C@@H]1C(OP(=O)(O)OP(=O)(O)OCC2OC(n3ccc(=O)[nH]c3=O)[C@H](O)[C@@H]2O)OC(CO)[C@H](O)[C@@H]1O. The van der Waals surface area contributed by atoms with Crippen LogP contribution in [0, 0.1) is 0 Å². The van der Waals surface area contributed by atoms with Gasteiger partial charge in [-0.3, -0.25) is 23.4 Å². The van der Waals surface area contributed by atoms with Gasteiger partial charge in [-0.1, -0.05) is 0 Å². The molecule has 2 aliphatic rings. The zero-order chi connectivity index (χ0) is 27.0. The van der Waals surface area contributed by atoms with Gasteiger partial charge in [0.25, 0.3) is 5.56 Å². The molecular weight excluding hydrogens is 540 g/mol. The molecule has 36 heavy (non-hydrogen) atoms. The van der Waals surface area contributed by atoms with Gasteiger partial charge in [0.05, 0.1) is 19.3 Å². The molecule has 0 bridgehead atoms. The van der Waals surface area contributed by atoms with Crippen molar-refractivity contribution in [2.75, 3.05) is 13.2 Å². The number of aliphatic hydroxyl groups is 5. The van der Waals surface area contributed by atoms with Gasteiger partial charge in [0.15, 0.2) is 12.5 Å². The summed E-state index contributed by atoms with van der Waals surface area (Å²) >= 11 is 0. The third-order valence-electron chi connectivity index (χ3n) is 5.24. The van der Waals surface area contributed by atoms with E-state index in [0.717, 1.165) is 16.8 Å². The fourth-order valence-electron chi connectivity index (χ4n) is 3.39. The van der Waals surface area contributed by atoms with Gasteiger partial charge in [-0.05, 0) is 0 Å². The summed E-state index contributed by atoms with van der Waals surface area (Å²) < 4.78 is 48.5.